The fourth-order valence-electron chi connectivity index (χ4n) is 4.26. The fraction of sp³-hybridized carbons (Fsp3) is 0.727. The zero-order valence-electron chi connectivity index (χ0n) is 17.9. The van der Waals surface area contributed by atoms with Crippen LogP contribution in [0.4, 0.5) is 0 Å². The van der Waals surface area contributed by atoms with Crippen LogP contribution in [0.2, 0.25) is 0 Å². The fourth-order valence-corrected chi connectivity index (χ4v) is 5.61. The molecule has 1 aromatic rings. The van der Waals surface area contributed by atoms with Crippen LogP contribution in [0, 0.1) is 0 Å². The number of nitrogens with one attached hydrogen (secondary N) is 2. The van der Waals surface area contributed by atoms with Crippen molar-refractivity contribution in [2.24, 2.45) is 4.99 Å². The molecule has 29 heavy (non-hydrogen) atoms. The quantitative estimate of drug-likeness (QED) is 0.521. The molecule has 0 bridgehead atoms. The van der Waals surface area contributed by atoms with Gasteiger partial charge in [0.05, 0.1) is 0 Å². The number of ether oxygens (including phenoxy) is 1. The molecule has 0 amide bonds. The Morgan fingerprint density at radius 1 is 1.21 bits per heavy atom. The van der Waals surface area contributed by atoms with E-state index in [1.165, 1.54) is 19.3 Å². The van der Waals surface area contributed by atoms with Gasteiger partial charge in [-0.1, -0.05) is 25.8 Å². The second kappa shape index (κ2) is 11.5. The third-order valence-corrected chi connectivity index (χ3v) is 7.68. The standard InChI is InChI=1S/C22H36N4O2S/c1-3-29(27)20-11-7-8-18(14-20)26-22(23-2)25-16-17-12-13-21(24-15-17)28-19-9-5-4-6-10-19/h12-13,15,18-20H,3-11,14,16H2,1-2H3,(H2,23,25,26). The van der Waals surface area contributed by atoms with E-state index in [9.17, 15) is 4.21 Å². The van der Waals surface area contributed by atoms with Crippen LogP contribution in [0.15, 0.2) is 23.3 Å². The first-order valence-corrected chi connectivity index (χ1v) is 12.5. The van der Waals surface area contributed by atoms with Gasteiger partial charge in [-0.05, 0) is 50.5 Å². The number of nitrogens with zero attached hydrogens (tertiary/aromatic N) is 2. The number of rotatable bonds is 7. The number of pyridine rings is 1. The summed E-state index contributed by atoms with van der Waals surface area (Å²) in [7, 11) is 1.08. The molecule has 1 aromatic heterocycles. The van der Waals surface area contributed by atoms with Gasteiger partial charge in [0.2, 0.25) is 5.88 Å². The van der Waals surface area contributed by atoms with E-state index in [1.807, 2.05) is 19.2 Å². The van der Waals surface area contributed by atoms with Crippen LogP contribution in [0.1, 0.15) is 70.3 Å². The van der Waals surface area contributed by atoms with E-state index in [0.717, 1.165) is 61.7 Å². The molecule has 0 saturated heterocycles. The minimum atomic E-state index is -0.710. The van der Waals surface area contributed by atoms with Crippen LogP contribution in [0.3, 0.4) is 0 Å². The van der Waals surface area contributed by atoms with Gasteiger partial charge in [0.1, 0.15) is 6.10 Å². The van der Waals surface area contributed by atoms with Gasteiger partial charge in [0, 0.05) is 53.7 Å². The van der Waals surface area contributed by atoms with Crippen molar-refractivity contribution >= 4 is 16.8 Å². The predicted octanol–water partition coefficient (Wildman–Crippen LogP) is 3.54. The molecule has 0 radical (unpaired) electrons. The van der Waals surface area contributed by atoms with E-state index in [4.69, 9.17) is 4.74 Å². The topological polar surface area (TPSA) is 75.6 Å². The summed E-state index contributed by atoms with van der Waals surface area (Å²) in [6, 6.07) is 4.36. The lowest BCUT2D eigenvalue weighted by molar-refractivity contribution is 0.148. The highest BCUT2D eigenvalue weighted by Gasteiger charge is 2.26. The van der Waals surface area contributed by atoms with E-state index < -0.39 is 10.8 Å². The Balaban J connectivity index is 1.44. The first-order chi connectivity index (χ1) is 14.2. The molecule has 3 rings (SSSR count). The van der Waals surface area contributed by atoms with Crippen molar-refractivity contribution in [2.75, 3.05) is 12.8 Å². The van der Waals surface area contributed by atoms with Crippen molar-refractivity contribution in [3.63, 3.8) is 0 Å². The molecule has 162 valence electrons. The van der Waals surface area contributed by atoms with Crippen molar-refractivity contribution in [3.8, 4) is 5.88 Å². The molecule has 2 aliphatic rings. The number of aliphatic imine (C=N–C) groups is 1. The van der Waals surface area contributed by atoms with Crippen LogP contribution in [-0.4, -0.2) is 45.3 Å². The van der Waals surface area contributed by atoms with Gasteiger partial charge < -0.3 is 15.4 Å². The Morgan fingerprint density at radius 3 is 2.72 bits per heavy atom. The van der Waals surface area contributed by atoms with Gasteiger partial charge in [-0.25, -0.2) is 4.98 Å². The van der Waals surface area contributed by atoms with Crippen molar-refractivity contribution < 1.29 is 8.95 Å². The largest absolute Gasteiger partial charge is 0.474 e. The van der Waals surface area contributed by atoms with Gasteiger partial charge in [-0.15, -0.1) is 0 Å². The minimum absolute atomic E-state index is 0.310. The summed E-state index contributed by atoms with van der Waals surface area (Å²) in [5.74, 6) is 2.26. The first-order valence-electron chi connectivity index (χ1n) is 11.1. The van der Waals surface area contributed by atoms with E-state index in [1.54, 1.807) is 7.05 Å². The highest BCUT2D eigenvalue weighted by molar-refractivity contribution is 7.85. The summed E-state index contributed by atoms with van der Waals surface area (Å²) >= 11 is 0. The van der Waals surface area contributed by atoms with Gasteiger partial charge in [-0.2, -0.15) is 0 Å². The van der Waals surface area contributed by atoms with Crippen LogP contribution in [0.5, 0.6) is 5.88 Å². The molecule has 6 nitrogen and oxygen atoms in total. The predicted molar refractivity (Wildman–Crippen MR) is 120 cm³/mol. The smallest absolute Gasteiger partial charge is 0.213 e. The lowest BCUT2D eigenvalue weighted by Gasteiger charge is -2.30. The van der Waals surface area contributed by atoms with Gasteiger partial charge in [0.25, 0.3) is 0 Å². The number of hydrogen-bond donors (Lipinski definition) is 2. The summed E-state index contributed by atoms with van der Waals surface area (Å²) in [6.07, 6.45) is 12.6. The summed E-state index contributed by atoms with van der Waals surface area (Å²) in [5.41, 5.74) is 1.09. The average molecular weight is 421 g/mol. The van der Waals surface area contributed by atoms with Crippen LogP contribution in [-0.2, 0) is 17.3 Å². The minimum Gasteiger partial charge on any atom is -0.474 e. The summed E-state index contributed by atoms with van der Waals surface area (Å²) in [5, 5.41) is 7.19. The first kappa shape index (κ1) is 22.1. The molecular weight excluding hydrogens is 384 g/mol. The van der Waals surface area contributed by atoms with Gasteiger partial charge >= 0.3 is 0 Å². The SMILES string of the molecule is CCS(=O)C1CCCC(NC(=NC)NCc2ccc(OC3CCCCC3)nc2)C1. The van der Waals surface area contributed by atoms with Gasteiger partial charge in [0.15, 0.2) is 5.96 Å². The van der Waals surface area contributed by atoms with Crippen molar-refractivity contribution in [3.05, 3.63) is 23.9 Å². The molecule has 0 spiro atoms. The van der Waals surface area contributed by atoms with Crippen molar-refractivity contribution in [1.82, 2.24) is 15.6 Å². The van der Waals surface area contributed by atoms with E-state index in [2.05, 4.69) is 26.7 Å². The molecule has 0 aliphatic heterocycles. The normalized spacial score (nSPS) is 24.7. The highest BCUT2D eigenvalue weighted by atomic mass is 32.2. The molecule has 0 aromatic carbocycles. The zero-order valence-corrected chi connectivity index (χ0v) is 18.7. The highest BCUT2D eigenvalue weighted by Crippen LogP contribution is 2.23. The van der Waals surface area contributed by atoms with E-state index in [-0.39, 0.29) is 0 Å². The lowest BCUT2D eigenvalue weighted by Crippen LogP contribution is -2.46. The molecule has 3 atom stereocenters. The maximum atomic E-state index is 12.2. The second-order valence-corrected chi connectivity index (χ2v) is 10.1. The number of hydrogen-bond acceptors (Lipinski definition) is 4. The molecule has 2 fully saturated rings. The van der Waals surface area contributed by atoms with Crippen LogP contribution < -0.4 is 15.4 Å². The molecule has 2 saturated carbocycles. The maximum Gasteiger partial charge on any atom is 0.213 e. The molecule has 2 aliphatic carbocycles. The van der Waals surface area contributed by atoms with Crippen molar-refractivity contribution in [1.29, 1.82) is 0 Å². The molecule has 3 unspecified atom stereocenters. The third kappa shape index (κ3) is 6.98. The number of aromatic nitrogens is 1. The van der Waals surface area contributed by atoms with Gasteiger partial charge in [-0.3, -0.25) is 9.20 Å². The monoisotopic (exact) mass is 420 g/mol. The molecule has 7 heteroatoms. The lowest BCUT2D eigenvalue weighted by atomic mass is 9.95. The Labute approximate surface area is 177 Å². The maximum absolute atomic E-state index is 12.2. The molecule has 1 heterocycles. The Kier molecular flexibility index (Phi) is 8.77. The molecular formula is C22H36N4O2S. The van der Waals surface area contributed by atoms with Crippen molar-refractivity contribution in [2.45, 2.75) is 88.7 Å². The Morgan fingerprint density at radius 2 is 2.03 bits per heavy atom. The molecule has 2 N–H and O–H groups in total. The Bertz CT molecular complexity index is 674. The number of guanidine groups is 1. The van der Waals surface area contributed by atoms with E-state index >= 15 is 0 Å². The average Bonchev–Trinajstić information content (AvgIpc) is 2.78. The summed E-state index contributed by atoms with van der Waals surface area (Å²) in [4.78, 5) is 8.83. The van der Waals surface area contributed by atoms with Crippen LogP contribution >= 0.6 is 0 Å². The Hall–Kier alpha value is -1.63. The van der Waals surface area contributed by atoms with Crippen LogP contribution in [0.25, 0.3) is 0 Å². The second-order valence-electron chi connectivity index (χ2n) is 8.11. The summed E-state index contributed by atoms with van der Waals surface area (Å²) in [6.45, 7) is 2.67. The van der Waals surface area contributed by atoms with E-state index in [0.29, 0.717) is 23.9 Å². The summed E-state index contributed by atoms with van der Waals surface area (Å²) < 4.78 is 18.2. The third-order valence-electron chi connectivity index (χ3n) is 5.94. The zero-order chi connectivity index (χ0) is 20.5.